The van der Waals surface area contributed by atoms with Gasteiger partial charge < -0.3 is 5.11 Å². The van der Waals surface area contributed by atoms with Gasteiger partial charge in [0, 0.05) is 13.1 Å². The molecule has 0 bridgehead atoms. The van der Waals surface area contributed by atoms with Gasteiger partial charge in [-0.2, -0.15) is 12.7 Å². The monoisotopic (exact) mass is 299 g/mol. The molecule has 1 aliphatic rings. The third-order valence-corrected chi connectivity index (χ3v) is 4.64. The second-order valence-electron chi connectivity index (χ2n) is 4.93. The Bertz CT molecular complexity index is 602. The van der Waals surface area contributed by atoms with Gasteiger partial charge in [0.1, 0.15) is 5.82 Å². The minimum atomic E-state index is -3.68. The first kappa shape index (κ1) is 14.7. The van der Waals surface area contributed by atoms with Gasteiger partial charge in [0.15, 0.2) is 5.69 Å². The third kappa shape index (κ3) is 3.45. The predicted molar refractivity (Wildman–Crippen MR) is 73.7 cm³/mol. The number of anilines is 1. The van der Waals surface area contributed by atoms with Crippen molar-refractivity contribution in [3.05, 3.63) is 23.9 Å². The molecule has 110 valence electrons. The number of carbonyl (C=O) groups is 1. The summed E-state index contributed by atoms with van der Waals surface area (Å²) in [6.45, 7) is 2.94. The van der Waals surface area contributed by atoms with Gasteiger partial charge in [-0.15, -0.1) is 0 Å². The molecule has 2 heterocycles. The van der Waals surface area contributed by atoms with Crippen LogP contribution in [0.25, 0.3) is 0 Å². The highest BCUT2D eigenvalue weighted by molar-refractivity contribution is 7.90. The van der Waals surface area contributed by atoms with Gasteiger partial charge in [0.05, 0.1) is 0 Å². The Balaban J connectivity index is 2.15. The number of nitrogens with one attached hydrogen (secondary N) is 1. The summed E-state index contributed by atoms with van der Waals surface area (Å²) in [6, 6.07) is 4.19. The summed E-state index contributed by atoms with van der Waals surface area (Å²) in [5, 5.41) is 8.84. The van der Waals surface area contributed by atoms with Crippen molar-refractivity contribution in [1.29, 1.82) is 0 Å². The molecule has 1 aromatic heterocycles. The lowest BCUT2D eigenvalue weighted by atomic mass is 10.0. The van der Waals surface area contributed by atoms with Crippen molar-refractivity contribution < 1.29 is 18.3 Å². The second-order valence-corrected chi connectivity index (χ2v) is 6.60. The summed E-state index contributed by atoms with van der Waals surface area (Å²) in [4.78, 5) is 14.6. The molecule has 0 aliphatic carbocycles. The van der Waals surface area contributed by atoms with Gasteiger partial charge in [-0.3, -0.25) is 4.72 Å². The molecule has 1 unspecified atom stereocenters. The van der Waals surface area contributed by atoms with Gasteiger partial charge >= 0.3 is 16.2 Å². The van der Waals surface area contributed by atoms with Crippen LogP contribution in [0.3, 0.4) is 0 Å². The van der Waals surface area contributed by atoms with Crippen LogP contribution in [0.15, 0.2) is 18.2 Å². The average molecular weight is 299 g/mol. The van der Waals surface area contributed by atoms with E-state index in [4.69, 9.17) is 5.11 Å². The van der Waals surface area contributed by atoms with Gasteiger partial charge in [-0.1, -0.05) is 13.0 Å². The van der Waals surface area contributed by atoms with E-state index in [0.717, 1.165) is 12.8 Å². The number of carboxylic acid groups (broad SMARTS) is 1. The quantitative estimate of drug-likeness (QED) is 0.869. The zero-order valence-electron chi connectivity index (χ0n) is 11.1. The molecule has 0 aromatic carbocycles. The Morgan fingerprint density at radius 1 is 1.50 bits per heavy atom. The first-order valence-electron chi connectivity index (χ1n) is 6.37. The zero-order valence-corrected chi connectivity index (χ0v) is 11.9. The largest absolute Gasteiger partial charge is 0.477 e. The number of aromatic nitrogens is 1. The van der Waals surface area contributed by atoms with E-state index >= 15 is 0 Å². The maximum absolute atomic E-state index is 12.2. The number of aromatic carboxylic acids is 1. The highest BCUT2D eigenvalue weighted by atomic mass is 32.2. The molecule has 2 N–H and O–H groups in total. The third-order valence-electron chi connectivity index (χ3n) is 3.16. The fraction of sp³-hybridized carbons (Fsp3) is 0.500. The van der Waals surface area contributed by atoms with E-state index in [1.165, 1.54) is 22.5 Å². The lowest BCUT2D eigenvalue weighted by Crippen LogP contribution is -2.42. The lowest BCUT2D eigenvalue weighted by Gasteiger charge is -2.29. The van der Waals surface area contributed by atoms with E-state index in [9.17, 15) is 13.2 Å². The molecule has 0 saturated carbocycles. The van der Waals surface area contributed by atoms with Crippen molar-refractivity contribution in [2.45, 2.75) is 19.8 Å². The van der Waals surface area contributed by atoms with Crippen molar-refractivity contribution >= 4 is 22.0 Å². The SMILES string of the molecule is CC1CCCN(S(=O)(=O)Nc2cccc(C(=O)O)n2)C1. The Morgan fingerprint density at radius 2 is 2.25 bits per heavy atom. The highest BCUT2D eigenvalue weighted by Gasteiger charge is 2.27. The van der Waals surface area contributed by atoms with E-state index in [1.807, 2.05) is 6.92 Å². The highest BCUT2D eigenvalue weighted by Crippen LogP contribution is 2.19. The van der Waals surface area contributed by atoms with Crippen LogP contribution in [-0.2, 0) is 10.2 Å². The molecule has 1 saturated heterocycles. The number of nitrogens with zero attached hydrogens (tertiary/aromatic N) is 2. The molecular weight excluding hydrogens is 282 g/mol. The average Bonchev–Trinajstić information content (AvgIpc) is 2.38. The van der Waals surface area contributed by atoms with Crippen LogP contribution in [0, 0.1) is 5.92 Å². The molecule has 20 heavy (non-hydrogen) atoms. The predicted octanol–water partition coefficient (Wildman–Crippen LogP) is 1.17. The number of hydrogen-bond donors (Lipinski definition) is 2. The van der Waals surface area contributed by atoms with Crippen LogP contribution >= 0.6 is 0 Å². The fourth-order valence-corrected chi connectivity index (χ4v) is 3.50. The van der Waals surface area contributed by atoms with E-state index in [1.54, 1.807) is 0 Å². The molecule has 0 amide bonds. The summed E-state index contributed by atoms with van der Waals surface area (Å²) in [7, 11) is -3.68. The molecule has 1 fully saturated rings. The standard InChI is InChI=1S/C12H17N3O4S/c1-9-4-3-7-15(8-9)20(18,19)14-11-6-2-5-10(13-11)12(16)17/h2,5-6,9H,3-4,7-8H2,1H3,(H,13,14)(H,16,17). The molecule has 0 radical (unpaired) electrons. The van der Waals surface area contributed by atoms with Gasteiger partial charge in [0.2, 0.25) is 0 Å². The molecule has 7 nitrogen and oxygen atoms in total. The first-order chi connectivity index (χ1) is 9.38. The fourth-order valence-electron chi connectivity index (χ4n) is 2.17. The molecule has 2 rings (SSSR count). The second kappa shape index (κ2) is 5.76. The van der Waals surface area contributed by atoms with E-state index < -0.39 is 16.2 Å². The summed E-state index contributed by atoms with van der Waals surface area (Å²) < 4.78 is 28.1. The Labute approximate surface area is 117 Å². The molecule has 1 aromatic rings. The van der Waals surface area contributed by atoms with Crippen LogP contribution in [-0.4, -0.2) is 41.9 Å². The summed E-state index contributed by atoms with van der Waals surface area (Å²) in [5.41, 5.74) is -0.197. The minimum Gasteiger partial charge on any atom is -0.477 e. The van der Waals surface area contributed by atoms with Gasteiger partial charge in [-0.25, -0.2) is 9.78 Å². The summed E-state index contributed by atoms with van der Waals surface area (Å²) >= 11 is 0. The number of piperidine rings is 1. The number of pyridine rings is 1. The number of hydrogen-bond acceptors (Lipinski definition) is 4. The van der Waals surface area contributed by atoms with E-state index in [0.29, 0.717) is 19.0 Å². The zero-order chi connectivity index (χ0) is 14.8. The normalized spacial score (nSPS) is 20.6. The summed E-state index contributed by atoms with van der Waals surface area (Å²) in [5.74, 6) is -0.862. The van der Waals surface area contributed by atoms with Crippen molar-refractivity contribution in [3.63, 3.8) is 0 Å². The lowest BCUT2D eigenvalue weighted by molar-refractivity contribution is 0.0690. The van der Waals surface area contributed by atoms with E-state index in [-0.39, 0.29) is 11.5 Å². The maximum Gasteiger partial charge on any atom is 0.354 e. The Hall–Kier alpha value is -1.67. The number of rotatable bonds is 4. The molecule has 0 spiro atoms. The summed E-state index contributed by atoms with van der Waals surface area (Å²) in [6.07, 6.45) is 1.84. The van der Waals surface area contributed by atoms with Crippen molar-refractivity contribution in [3.8, 4) is 0 Å². The topological polar surface area (TPSA) is 99.6 Å². The van der Waals surface area contributed by atoms with Crippen LogP contribution < -0.4 is 4.72 Å². The van der Waals surface area contributed by atoms with Crippen molar-refractivity contribution in [1.82, 2.24) is 9.29 Å². The number of carboxylic acids is 1. The van der Waals surface area contributed by atoms with Crippen LogP contribution in [0.4, 0.5) is 5.82 Å². The van der Waals surface area contributed by atoms with Crippen LogP contribution in [0.1, 0.15) is 30.3 Å². The Morgan fingerprint density at radius 3 is 2.90 bits per heavy atom. The van der Waals surface area contributed by atoms with Crippen molar-refractivity contribution in [2.24, 2.45) is 5.92 Å². The molecular formula is C12H17N3O4S. The van der Waals surface area contributed by atoms with E-state index in [2.05, 4.69) is 9.71 Å². The maximum atomic E-state index is 12.2. The van der Waals surface area contributed by atoms with Crippen molar-refractivity contribution in [2.75, 3.05) is 17.8 Å². The van der Waals surface area contributed by atoms with Crippen LogP contribution in [0.2, 0.25) is 0 Å². The van der Waals surface area contributed by atoms with Crippen LogP contribution in [0.5, 0.6) is 0 Å². The van der Waals surface area contributed by atoms with Gasteiger partial charge in [0.25, 0.3) is 0 Å². The Kier molecular flexibility index (Phi) is 4.24. The molecule has 1 aliphatic heterocycles. The minimum absolute atomic E-state index is 0.0168. The smallest absolute Gasteiger partial charge is 0.354 e. The molecule has 1 atom stereocenters. The van der Waals surface area contributed by atoms with Gasteiger partial charge in [-0.05, 0) is 30.9 Å². The first-order valence-corrected chi connectivity index (χ1v) is 7.81. The molecule has 8 heteroatoms.